The summed E-state index contributed by atoms with van der Waals surface area (Å²) in [5.74, 6) is -1.51. The number of hydrogen-bond donors (Lipinski definition) is 0. The van der Waals surface area contributed by atoms with Crippen molar-refractivity contribution in [3.8, 4) is 0 Å². The summed E-state index contributed by atoms with van der Waals surface area (Å²) in [4.78, 5) is 0. The summed E-state index contributed by atoms with van der Waals surface area (Å²) < 4.78 is 38.6. The molecule has 2 rings (SSSR count). The van der Waals surface area contributed by atoms with Gasteiger partial charge in [0.2, 0.25) is 0 Å². The predicted octanol–water partition coefficient (Wildman–Crippen LogP) is 1.49. The molecule has 0 atom stereocenters. The van der Waals surface area contributed by atoms with E-state index in [9.17, 15) is 13.2 Å². The molecule has 0 aliphatic carbocycles. The average Bonchev–Trinajstić information content (AvgIpc) is 2.25. The minimum atomic E-state index is -0.597. The topological polar surface area (TPSA) is 0 Å². The van der Waals surface area contributed by atoms with Gasteiger partial charge < -0.3 is 0 Å². The third-order valence-corrected chi connectivity index (χ3v) is 2.32. The Morgan fingerprint density at radius 1 is 0.750 bits per heavy atom. The van der Waals surface area contributed by atoms with Gasteiger partial charge in [0.25, 0.3) is 0 Å². The lowest BCUT2D eigenvalue weighted by molar-refractivity contribution is 0.588. The molecule has 2 aromatic rings. The average molecular weight is 220 g/mol. The first-order valence-corrected chi connectivity index (χ1v) is 4.83. The number of halogens is 3. The molecule has 0 bridgehead atoms. The van der Waals surface area contributed by atoms with Gasteiger partial charge in [-0.15, -0.1) is 0 Å². The lowest BCUT2D eigenvalue weighted by Gasteiger charge is -2.02. The summed E-state index contributed by atoms with van der Waals surface area (Å²) in [7, 11) is 0.326. The Labute approximate surface area is 92.0 Å². The zero-order valence-corrected chi connectivity index (χ0v) is 8.38. The Kier molecular flexibility index (Phi) is 2.99. The molecule has 0 aliphatic heterocycles. The lowest BCUT2D eigenvalue weighted by atomic mass is 9.64. The maximum Gasteiger partial charge on any atom is 0.196 e. The van der Waals surface area contributed by atoms with Crippen LogP contribution in [0.5, 0.6) is 0 Å². The van der Waals surface area contributed by atoms with Gasteiger partial charge in [0.05, 0.1) is 0 Å². The molecule has 0 nitrogen and oxygen atoms in total. The Hall–Kier alpha value is -1.71. The van der Waals surface area contributed by atoms with Gasteiger partial charge in [0, 0.05) is 6.07 Å². The minimum Gasteiger partial charge on any atom is -0.207 e. The smallest absolute Gasteiger partial charge is 0.196 e. The van der Waals surface area contributed by atoms with Crippen molar-refractivity contribution in [2.24, 2.45) is 0 Å². The molecule has 0 aromatic heterocycles. The van der Waals surface area contributed by atoms with E-state index in [1.54, 1.807) is 12.1 Å². The Bertz CT molecular complexity index is 494. The number of hydrogen-bond acceptors (Lipinski definition) is 0. The quantitative estimate of drug-likeness (QED) is 0.672. The largest absolute Gasteiger partial charge is 0.207 e. The van der Waals surface area contributed by atoms with E-state index in [0.29, 0.717) is 12.7 Å². The van der Waals surface area contributed by atoms with E-state index in [4.69, 9.17) is 0 Å². The van der Waals surface area contributed by atoms with Gasteiger partial charge in [0.15, 0.2) is 7.28 Å². The zero-order valence-electron chi connectivity index (χ0n) is 8.38. The molecule has 0 amide bonds. The molecule has 0 radical (unpaired) electrons. The predicted molar refractivity (Wildman–Crippen MR) is 59.2 cm³/mol. The molecule has 0 saturated carbocycles. The van der Waals surface area contributed by atoms with Crippen molar-refractivity contribution in [1.29, 1.82) is 0 Å². The molecule has 16 heavy (non-hydrogen) atoms. The van der Waals surface area contributed by atoms with Gasteiger partial charge in [-0.3, -0.25) is 0 Å². The van der Waals surface area contributed by atoms with Crippen LogP contribution in [0, 0.1) is 17.5 Å². The Morgan fingerprint density at radius 2 is 1.38 bits per heavy atom. The van der Waals surface area contributed by atoms with Crippen LogP contribution in [0.15, 0.2) is 42.5 Å². The summed E-state index contributed by atoms with van der Waals surface area (Å²) >= 11 is 0. The highest BCUT2D eigenvalue weighted by atomic mass is 19.1. The van der Waals surface area contributed by atoms with Crippen LogP contribution >= 0.6 is 0 Å². The van der Waals surface area contributed by atoms with E-state index < -0.39 is 11.6 Å². The molecule has 0 heterocycles. The molecular formula is C12H8BF3. The van der Waals surface area contributed by atoms with Crippen LogP contribution in [0.2, 0.25) is 0 Å². The van der Waals surface area contributed by atoms with Crippen molar-refractivity contribution in [3.05, 3.63) is 59.9 Å². The van der Waals surface area contributed by atoms with Gasteiger partial charge in [-0.25, -0.2) is 13.2 Å². The van der Waals surface area contributed by atoms with Crippen LogP contribution in [0.4, 0.5) is 13.2 Å². The highest BCUT2D eigenvalue weighted by Crippen LogP contribution is 1.99. The van der Waals surface area contributed by atoms with Gasteiger partial charge >= 0.3 is 0 Å². The number of benzene rings is 2. The van der Waals surface area contributed by atoms with Crippen LogP contribution in [0.3, 0.4) is 0 Å². The molecule has 80 valence electrons. The van der Waals surface area contributed by atoms with Crippen LogP contribution in [-0.2, 0) is 0 Å². The SMILES string of the molecule is Fc1ccc(Bc2ccc(F)cc2F)cc1. The van der Waals surface area contributed by atoms with E-state index in [1.165, 1.54) is 24.3 Å². The number of rotatable bonds is 2. The second-order valence-electron chi connectivity index (χ2n) is 3.54. The minimum absolute atomic E-state index is 0.326. The van der Waals surface area contributed by atoms with E-state index in [1.807, 2.05) is 0 Å². The van der Waals surface area contributed by atoms with Gasteiger partial charge in [-0.2, -0.15) is 0 Å². The van der Waals surface area contributed by atoms with Crippen LogP contribution in [0.25, 0.3) is 0 Å². The Balaban J connectivity index is 2.23. The molecule has 2 aromatic carbocycles. The fraction of sp³-hybridized carbons (Fsp3) is 0. The summed E-state index contributed by atoms with van der Waals surface area (Å²) in [6, 6.07) is 9.25. The molecular weight excluding hydrogens is 212 g/mol. The molecule has 0 saturated heterocycles. The summed E-state index contributed by atoms with van der Waals surface area (Å²) in [5, 5.41) is 0. The van der Waals surface area contributed by atoms with Crippen molar-refractivity contribution in [2.45, 2.75) is 0 Å². The summed E-state index contributed by atoms with van der Waals surface area (Å²) in [6.07, 6.45) is 0. The van der Waals surface area contributed by atoms with Crippen molar-refractivity contribution >= 4 is 18.2 Å². The fourth-order valence-corrected chi connectivity index (χ4v) is 1.49. The molecule has 4 heteroatoms. The van der Waals surface area contributed by atoms with Gasteiger partial charge in [0.1, 0.15) is 17.5 Å². The highest BCUT2D eigenvalue weighted by Gasteiger charge is 2.06. The van der Waals surface area contributed by atoms with E-state index in [2.05, 4.69) is 0 Å². The Morgan fingerprint density at radius 3 is 2.00 bits per heavy atom. The maximum atomic E-state index is 13.3. The molecule has 0 unspecified atom stereocenters. The second kappa shape index (κ2) is 4.43. The van der Waals surface area contributed by atoms with E-state index in [0.717, 1.165) is 11.5 Å². The molecule has 0 fully saturated rings. The monoisotopic (exact) mass is 220 g/mol. The first-order valence-electron chi connectivity index (χ1n) is 4.83. The maximum absolute atomic E-state index is 13.3. The van der Waals surface area contributed by atoms with E-state index in [-0.39, 0.29) is 5.82 Å². The summed E-state index contributed by atoms with van der Waals surface area (Å²) in [5.41, 5.74) is 1.18. The molecule has 0 aliphatic rings. The standard InChI is InChI=1S/C12H8BF3/c14-9-3-1-8(2-4-9)13-11-6-5-10(15)7-12(11)16/h1-7,13H. The van der Waals surface area contributed by atoms with Crippen molar-refractivity contribution < 1.29 is 13.2 Å². The van der Waals surface area contributed by atoms with Crippen LogP contribution in [-0.4, -0.2) is 7.28 Å². The lowest BCUT2D eigenvalue weighted by Crippen LogP contribution is -2.29. The molecule has 0 N–H and O–H groups in total. The van der Waals surface area contributed by atoms with Crippen LogP contribution in [0.1, 0.15) is 0 Å². The first kappa shape index (κ1) is 10.8. The van der Waals surface area contributed by atoms with Crippen molar-refractivity contribution in [1.82, 2.24) is 0 Å². The third kappa shape index (κ3) is 2.45. The zero-order chi connectivity index (χ0) is 11.5. The molecule has 0 spiro atoms. The second-order valence-corrected chi connectivity index (χ2v) is 3.54. The third-order valence-electron chi connectivity index (χ3n) is 2.32. The van der Waals surface area contributed by atoms with Crippen LogP contribution < -0.4 is 10.9 Å². The summed E-state index contributed by atoms with van der Waals surface area (Å²) in [6.45, 7) is 0. The van der Waals surface area contributed by atoms with Gasteiger partial charge in [-0.05, 0) is 23.7 Å². The fourth-order valence-electron chi connectivity index (χ4n) is 1.49. The van der Waals surface area contributed by atoms with E-state index >= 15 is 0 Å². The first-order chi connectivity index (χ1) is 7.65. The van der Waals surface area contributed by atoms with Crippen molar-refractivity contribution in [3.63, 3.8) is 0 Å². The highest BCUT2D eigenvalue weighted by molar-refractivity contribution is 6.67. The normalized spacial score (nSPS) is 10.2. The van der Waals surface area contributed by atoms with Crippen molar-refractivity contribution in [2.75, 3.05) is 0 Å². The van der Waals surface area contributed by atoms with Gasteiger partial charge in [-0.1, -0.05) is 23.7 Å².